The quantitative estimate of drug-likeness (QED) is 0.170. The maximum Gasteiger partial charge on any atom is 0.262 e. The molecule has 4 aliphatic rings. The Labute approximate surface area is 315 Å². The number of benzene rings is 2. The van der Waals surface area contributed by atoms with Gasteiger partial charge in [-0.1, -0.05) is 0 Å². The molecule has 1 atom stereocenters. The number of imide groups is 2. The lowest BCUT2D eigenvalue weighted by Crippen LogP contribution is -2.54. The SMILES string of the molecule is CC(C)Oc1cc2c(cc1NC(=O)c1cnn3cccnc13)CN(CCOCC1CCN(c3ccc4c(c3)C(=O)N(C3CCC(=O)NC3=O)C4=O)CC1)C2=O. The molecule has 4 aliphatic heterocycles. The van der Waals surface area contributed by atoms with Crippen molar-refractivity contribution < 1.29 is 38.2 Å². The molecule has 2 saturated heterocycles. The maximum atomic E-state index is 13.4. The van der Waals surface area contributed by atoms with Gasteiger partial charge in [-0.25, -0.2) is 9.50 Å². The standard InChI is InChI=1S/C39H40N8O8/c1-22(2)55-32-18-27-24(16-30(32)42-35(49)29-19-41-46-11-3-10-40-34(29)46)20-45(37(27)51)14-15-54-21-23-8-12-44(13-9-23)25-4-5-26-28(17-25)39(53)47(38(26)52)31-6-7-33(48)43-36(31)50/h3-5,10-11,16-19,22-23,31H,6-9,12-15,20-21H2,1-2H3,(H,42,49)(H,43,48,50). The van der Waals surface area contributed by atoms with Gasteiger partial charge in [0.1, 0.15) is 17.4 Å². The van der Waals surface area contributed by atoms with Gasteiger partial charge in [0.25, 0.3) is 23.6 Å². The Hall–Kier alpha value is -6.16. The predicted molar refractivity (Wildman–Crippen MR) is 197 cm³/mol. The Bertz CT molecular complexity index is 2240. The van der Waals surface area contributed by atoms with E-state index in [1.807, 2.05) is 19.9 Å². The minimum atomic E-state index is -0.999. The highest BCUT2D eigenvalue weighted by Gasteiger charge is 2.45. The average molecular weight is 749 g/mol. The minimum absolute atomic E-state index is 0.0711. The summed E-state index contributed by atoms with van der Waals surface area (Å²) in [7, 11) is 0. The molecule has 6 amide bonds. The van der Waals surface area contributed by atoms with Crippen molar-refractivity contribution in [2.75, 3.05) is 43.1 Å². The van der Waals surface area contributed by atoms with E-state index in [1.165, 1.54) is 10.7 Å². The molecule has 55 heavy (non-hydrogen) atoms. The topological polar surface area (TPSA) is 185 Å². The molecule has 16 nitrogen and oxygen atoms in total. The van der Waals surface area contributed by atoms with Crippen LogP contribution in [0.15, 0.2) is 55.0 Å². The summed E-state index contributed by atoms with van der Waals surface area (Å²) in [4.78, 5) is 86.2. The third-order valence-corrected chi connectivity index (χ3v) is 10.5. The number of ether oxygens (including phenoxy) is 2. The molecule has 2 aromatic heterocycles. The van der Waals surface area contributed by atoms with Crippen molar-refractivity contribution in [2.45, 2.75) is 58.2 Å². The van der Waals surface area contributed by atoms with Crippen LogP contribution < -0.4 is 20.3 Å². The van der Waals surface area contributed by atoms with Crippen LogP contribution in [0, 0.1) is 5.92 Å². The number of aromatic nitrogens is 3. The van der Waals surface area contributed by atoms with Gasteiger partial charge < -0.3 is 24.6 Å². The first-order valence-electron chi connectivity index (χ1n) is 18.5. The second-order valence-electron chi connectivity index (χ2n) is 14.5. The number of piperidine rings is 2. The number of carbonyl (C=O) groups excluding carboxylic acids is 6. The van der Waals surface area contributed by atoms with Crippen molar-refractivity contribution in [3.05, 3.63) is 82.8 Å². The van der Waals surface area contributed by atoms with E-state index in [2.05, 4.69) is 25.6 Å². The largest absolute Gasteiger partial charge is 0.489 e. The normalized spacial score (nSPS) is 18.7. The first-order valence-corrected chi connectivity index (χ1v) is 18.5. The lowest BCUT2D eigenvalue weighted by Gasteiger charge is -2.33. The molecule has 8 rings (SSSR count). The lowest BCUT2D eigenvalue weighted by atomic mass is 9.97. The highest BCUT2D eigenvalue weighted by molar-refractivity contribution is 6.23. The van der Waals surface area contributed by atoms with Gasteiger partial charge in [0.15, 0.2) is 5.65 Å². The van der Waals surface area contributed by atoms with E-state index in [1.54, 1.807) is 47.6 Å². The Morgan fingerprint density at radius 1 is 0.982 bits per heavy atom. The summed E-state index contributed by atoms with van der Waals surface area (Å²) < 4.78 is 13.6. The molecule has 2 aromatic carbocycles. The average Bonchev–Trinajstić information content (AvgIpc) is 3.81. The zero-order valence-electron chi connectivity index (χ0n) is 30.4. The molecule has 16 heteroatoms. The highest BCUT2D eigenvalue weighted by Crippen LogP contribution is 2.36. The number of hydrogen-bond acceptors (Lipinski definition) is 11. The van der Waals surface area contributed by atoms with Gasteiger partial charge in [-0.3, -0.25) is 39.0 Å². The first kappa shape index (κ1) is 35.8. The molecule has 1 unspecified atom stereocenters. The number of nitrogens with zero attached hydrogens (tertiary/aromatic N) is 6. The van der Waals surface area contributed by atoms with Gasteiger partial charge >= 0.3 is 0 Å². The van der Waals surface area contributed by atoms with Gasteiger partial charge in [-0.2, -0.15) is 5.10 Å². The van der Waals surface area contributed by atoms with Crippen molar-refractivity contribution in [1.29, 1.82) is 0 Å². The smallest absolute Gasteiger partial charge is 0.262 e. The van der Waals surface area contributed by atoms with Gasteiger partial charge in [0, 0.05) is 62.9 Å². The van der Waals surface area contributed by atoms with Crippen molar-refractivity contribution in [3.63, 3.8) is 0 Å². The fraction of sp³-hybridized carbons (Fsp3) is 0.385. The van der Waals surface area contributed by atoms with E-state index >= 15 is 0 Å². The van der Waals surface area contributed by atoms with Crippen LogP contribution in [0.5, 0.6) is 5.75 Å². The Morgan fingerprint density at radius 3 is 2.56 bits per heavy atom. The molecule has 0 aliphatic carbocycles. The zero-order chi connectivity index (χ0) is 38.4. The fourth-order valence-electron chi connectivity index (χ4n) is 7.65. The first-order chi connectivity index (χ1) is 26.5. The van der Waals surface area contributed by atoms with Gasteiger partial charge in [0.05, 0.1) is 35.7 Å². The third-order valence-electron chi connectivity index (χ3n) is 10.5. The van der Waals surface area contributed by atoms with E-state index in [0.29, 0.717) is 60.4 Å². The number of hydrogen-bond donors (Lipinski definition) is 2. The summed E-state index contributed by atoms with van der Waals surface area (Å²) >= 11 is 0. The summed E-state index contributed by atoms with van der Waals surface area (Å²) in [5.74, 6) is -1.88. The molecule has 284 valence electrons. The fourth-order valence-corrected chi connectivity index (χ4v) is 7.65. The van der Waals surface area contributed by atoms with Crippen LogP contribution in [0.4, 0.5) is 11.4 Å². The van der Waals surface area contributed by atoms with Crippen molar-refractivity contribution in [1.82, 2.24) is 29.7 Å². The van der Waals surface area contributed by atoms with Crippen LogP contribution in [0.1, 0.15) is 86.5 Å². The van der Waals surface area contributed by atoms with Crippen LogP contribution in [0.25, 0.3) is 5.65 Å². The summed E-state index contributed by atoms with van der Waals surface area (Å²) in [5, 5.41) is 9.36. The number of rotatable bonds is 11. The molecular formula is C39H40N8O8. The van der Waals surface area contributed by atoms with Crippen molar-refractivity contribution in [2.24, 2.45) is 5.92 Å². The number of carbonyl (C=O) groups is 6. The summed E-state index contributed by atoms with van der Waals surface area (Å²) in [6.45, 7) is 6.91. The van der Waals surface area contributed by atoms with Crippen LogP contribution in [-0.4, -0.2) is 105 Å². The molecule has 0 radical (unpaired) electrons. The summed E-state index contributed by atoms with van der Waals surface area (Å²) in [5.41, 5.74) is 3.86. The maximum absolute atomic E-state index is 13.4. The number of fused-ring (bicyclic) bond motifs is 3. The van der Waals surface area contributed by atoms with E-state index in [9.17, 15) is 28.8 Å². The third kappa shape index (κ3) is 6.88. The van der Waals surface area contributed by atoms with Crippen LogP contribution in [0.2, 0.25) is 0 Å². The molecule has 2 N–H and O–H groups in total. The summed E-state index contributed by atoms with van der Waals surface area (Å²) in [6, 6.07) is 9.40. The monoisotopic (exact) mass is 748 g/mol. The van der Waals surface area contributed by atoms with Gasteiger partial charge in [-0.15, -0.1) is 0 Å². The highest BCUT2D eigenvalue weighted by atomic mass is 16.5. The summed E-state index contributed by atoms with van der Waals surface area (Å²) in [6.07, 6.45) is 6.48. The van der Waals surface area contributed by atoms with Crippen molar-refractivity contribution >= 4 is 52.5 Å². The molecule has 0 saturated carbocycles. The molecule has 4 aromatic rings. The van der Waals surface area contributed by atoms with E-state index in [-0.39, 0.29) is 41.9 Å². The van der Waals surface area contributed by atoms with E-state index in [0.717, 1.165) is 42.1 Å². The van der Waals surface area contributed by atoms with E-state index < -0.39 is 29.7 Å². The Morgan fingerprint density at radius 2 is 1.78 bits per heavy atom. The lowest BCUT2D eigenvalue weighted by molar-refractivity contribution is -0.136. The Kier molecular flexibility index (Phi) is 9.50. The number of amides is 6. The minimum Gasteiger partial charge on any atom is -0.489 e. The van der Waals surface area contributed by atoms with Gasteiger partial charge in [0.2, 0.25) is 11.8 Å². The van der Waals surface area contributed by atoms with Gasteiger partial charge in [-0.05, 0) is 81.0 Å². The molecule has 0 bridgehead atoms. The van der Waals surface area contributed by atoms with Crippen LogP contribution >= 0.6 is 0 Å². The second kappa shape index (κ2) is 14.6. The molecular weight excluding hydrogens is 708 g/mol. The predicted octanol–water partition coefficient (Wildman–Crippen LogP) is 3.06. The molecule has 0 spiro atoms. The van der Waals surface area contributed by atoms with E-state index in [4.69, 9.17) is 9.47 Å². The number of nitrogens with one attached hydrogen (secondary N) is 2. The second-order valence-corrected chi connectivity index (χ2v) is 14.5. The van der Waals surface area contributed by atoms with Crippen LogP contribution in [0.3, 0.4) is 0 Å². The number of anilines is 2. The van der Waals surface area contributed by atoms with Crippen LogP contribution in [-0.2, 0) is 20.9 Å². The Balaban J connectivity index is 0.830. The molecule has 6 heterocycles. The molecule has 2 fully saturated rings. The zero-order valence-corrected chi connectivity index (χ0v) is 30.4. The van der Waals surface area contributed by atoms with Crippen molar-refractivity contribution in [3.8, 4) is 5.75 Å².